The van der Waals surface area contributed by atoms with Gasteiger partial charge in [0.1, 0.15) is 0 Å². The number of hydrogen-bond donors (Lipinski definition) is 0. The Morgan fingerprint density at radius 2 is 1.18 bits per heavy atom. The molecule has 86 valence electrons. The second kappa shape index (κ2) is 5.44. The summed E-state index contributed by atoms with van der Waals surface area (Å²) in [6.45, 7) is 4.08. The molecule has 0 aliphatic rings. The summed E-state index contributed by atoms with van der Waals surface area (Å²) in [5.74, 6) is 0. The van der Waals surface area contributed by atoms with Crippen molar-refractivity contribution in [3.63, 3.8) is 0 Å². The molecular formula is C16H17N. The molecule has 0 fully saturated rings. The fourth-order valence-corrected chi connectivity index (χ4v) is 1.87. The van der Waals surface area contributed by atoms with E-state index >= 15 is 0 Å². The zero-order chi connectivity index (χ0) is 12.1. The second-order valence-electron chi connectivity index (χ2n) is 4.30. The van der Waals surface area contributed by atoms with Crippen LogP contribution in [0.4, 0.5) is 0 Å². The summed E-state index contributed by atoms with van der Waals surface area (Å²) >= 11 is 0. The standard InChI is InChI=1S/C16H17N/c1-13(2)17-16(14-9-5-3-6-10-14)15-11-7-4-8-12-15/h3-12,16H,1-2H3. The predicted molar refractivity (Wildman–Crippen MR) is 73.5 cm³/mol. The van der Waals surface area contributed by atoms with E-state index in [-0.39, 0.29) is 6.04 Å². The van der Waals surface area contributed by atoms with Crippen LogP contribution in [0, 0.1) is 0 Å². The largest absolute Gasteiger partial charge is 0.282 e. The Balaban J connectivity index is 2.43. The number of nitrogens with zero attached hydrogens (tertiary/aromatic N) is 1. The lowest BCUT2D eigenvalue weighted by Crippen LogP contribution is -2.00. The number of hydrogen-bond acceptors (Lipinski definition) is 1. The highest BCUT2D eigenvalue weighted by molar-refractivity contribution is 5.79. The van der Waals surface area contributed by atoms with Crippen molar-refractivity contribution in [3.05, 3.63) is 71.8 Å². The van der Waals surface area contributed by atoms with Gasteiger partial charge in [-0.05, 0) is 25.0 Å². The molecule has 0 saturated carbocycles. The maximum absolute atomic E-state index is 4.73. The molecule has 0 atom stereocenters. The van der Waals surface area contributed by atoms with Gasteiger partial charge in [0.2, 0.25) is 0 Å². The summed E-state index contributed by atoms with van der Waals surface area (Å²) in [7, 11) is 0. The van der Waals surface area contributed by atoms with Crippen LogP contribution in [0.3, 0.4) is 0 Å². The molecule has 0 saturated heterocycles. The average molecular weight is 223 g/mol. The molecule has 0 radical (unpaired) electrons. The molecule has 0 N–H and O–H groups in total. The summed E-state index contributed by atoms with van der Waals surface area (Å²) in [6.07, 6.45) is 0. The molecule has 1 heteroatoms. The van der Waals surface area contributed by atoms with Gasteiger partial charge >= 0.3 is 0 Å². The van der Waals surface area contributed by atoms with Crippen LogP contribution in [0.15, 0.2) is 65.7 Å². The third-order valence-electron chi connectivity index (χ3n) is 2.62. The van der Waals surface area contributed by atoms with Crippen LogP contribution >= 0.6 is 0 Å². The van der Waals surface area contributed by atoms with Crippen molar-refractivity contribution >= 4 is 5.71 Å². The van der Waals surface area contributed by atoms with Crippen molar-refractivity contribution in [1.82, 2.24) is 0 Å². The van der Waals surface area contributed by atoms with Crippen LogP contribution in [0.25, 0.3) is 0 Å². The van der Waals surface area contributed by atoms with Gasteiger partial charge in [-0.2, -0.15) is 0 Å². The van der Waals surface area contributed by atoms with Gasteiger partial charge in [-0.1, -0.05) is 60.7 Å². The minimum atomic E-state index is 0.113. The Bertz CT molecular complexity index is 442. The van der Waals surface area contributed by atoms with E-state index in [0.717, 1.165) is 5.71 Å². The van der Waals surface area contributed by atoms with Crippen LogP contribution in [0.2, 0.25) is 0 Å². The highest BCUT2D eigenvalue weighted by atomic mass is 14.8. The first kappa shape index (κ1) is 11.6. The fraction of sp³-hybridized carbons (Fsp3) is 0.188. The normalized spacial score (nSPS) is 10.3. The maximum atomic E-state index is 4.73. The van der Waals surface area contributed by atoms with Gasteiger partial charge in [-0.3, -0.25) is 4.99 Å². The Labute approximate surface area is 103 Å². The summed E-state index contributed by atoms with van der Waals surface area (Å²) in [5.41, 5.74) is 3.57. The SMILES string of the molecule is CC(C)=NC(c1ccccc1)c1ccccc1. The van der Waals surface area contributed by atoms with Gasteiger partial charge in [-0.25, -0.2) is 0 Å². The minimum Gasteiger partial charge on any atom is -0.282 e. The molecule has 2 aromatic rings. The Morgan fingerprint density at radius 1 is 0.765 bits per heavy atom. The highest BCUT2D eigenvalue weighted by Gasteiger charge is 2.11. The molecule has 0 spiro atoms. The summed E-state index contributed by atoms with van der Waals surface area (Å²) in [5, 5.41) is 0. The number of rotatable bonds is 3. The van der Waals surface area contributed by atoms with Gasteiger partial charge in [0.05, 0.1) is 6.04 Å². The maximum Gasteiger partial charge on any atom is 0.0998 e. The van der Waals surface area contributed by atoms with E-state index in [1.807, 2.05) is 26.0 Å². The van der Waals surface area contributed by atoms with Gasteiger partial charge in [0.15, 0.2) is 0 Å². The molecular weight excluding hydrogens is 206 g/mol. The Kier molecular flexibility index (Phi) is 3.71. The van der Waals surface area contributed by atoms with Crippen LogP contribution in [-0.4, -0.2) is 5.71 Å². The van der Waals surface area contributed by atoms with Crippen molar-refractivity contribution in [2.24, 2.45) is 4.99 Å². The van der Waals surface area contributed by atoms with E-state index in [1.54, 1.807) is 0 Å². The topological polar surface area (TPSA) is 12.4 Å². The molecule has 0 aromatic heterocycles. The minimum absolute atomic E-state index is 0.113. The van der Waals surface area contributed by atoms with Crippen LogP contribution in [0.5, 0.6) is 0 Å². The molecule has 0 aliphatic heterocycles. The zero-order valence-electron chi connectivity index (χ0n) is 10.3. The molecule has 2 rings (SSSR count). The summed E-state index contributed by atoms with van der Waals surface area (Å²) in [6, 6.07) is 20.9. The van der Waals surface area contributed by atoms with Crippen LogP contribution < -0.4 is 0 Å². The molecule has 0 heterocycles. The van der Waals surface area contributed by atoms with Crippen molar-refractivity contribution in [3.8, 4) is 0 Å². The van der Waals surface area contributed by atoms with Gasteiger partial charge < -0.3 is 0 Å². The van der Waals surface area contributed by atoms with Crippen molar-refractivity contribution in [2.75, 3.05) is 0 Å². The Hall–Kier alpha value is -1.89. The fourth-order valence-electron chi connectivity index (χ4n) is 1.87. The van der Waals surface area contributed by atoms with E-state index in [4.69, 9.17) is 4.99 Å². The molecule has 1 nitrogen and oxygen atoms in total. The first-order valence-electron chi connectivity index (χ1n) is 5.88. The van der Waals surface area contributed by atoms with Crippen molar-refractivity contribution in [1.29, 1.82) is 0 Å². The summed E-state index contributed by atoms with van der Waals surface area (Å²) in [4.78, 5) is 4.73. The average Bonchev–Trinajstić information content (AvgIpc) is 2.38. The van der Waals surface area contributed by atoms with Crippen LogP contribution in [0.1, 0.15) is 31.0 Å². The molecule has 0 unspecified atom stereocenters. The first-order valence-corrected chi connectivity index (χ1v) is 5.88. The van der Waals surface area contributed by atoms with E-state index in [1.165, 1.54) is 11.1 Å². The van der Waals surface area contributed by atoms with Gasteiger partial charge in [0, 0.05) is 5.71 Å². The van der Waals surface area contributed by atoms with Crippen molar-refractivity contribution < 1.29 is 0 Å². The van der Waals surface area contributed by atoms with Crippen molar-refractivity contribution in [2.45, 2.75) is 19.9 Å². The van der Waals surface area contributed by atoms with Crippen LogP contribution in [-0.2, 0) is 0 Å². The lowest BCUT2D eigenvalue weighted by Gasteiger charge is -2.14. The predicted octanol–water partition coefficient (Wildman–Crippen LogP) is 4.26. The smallest absolute Gasteiger partial charge is 0.0998 e. The van der Waals surface area contributed by atoms with E-state index in [0.29, 0.717) is 0 Å². The van der Waals surface area contributed by atoms with Gasteiger partial charge in [0.25, 0.3) is 0 Å². The number of aliphatic imine (C=N–C) groups is 1. The zero-order valence-corrected chi connectivity index (χ0v) is 10.3. The third-order valence-corrected chi connectivity index (χ3v) is 2.62. The van der Waals surface area contributed by atoms with Gasteiger partial charge in [-0.15, -0.1) is 0 Å². The lowest BCUT2D eigenvalue weighted by molar-refractivity contribution is 0.870. The highest BCUT2D eigenvalue weighted by Crippen LogP contribution is 2.25. The molecule has 2 aromatic carbocycles. The lowest BCUT2D eigenvalue weighted by atomic mass is 9.99. The molecule has 0 aliphatic carbocycles. The monoisotopic (exact) mass is 223 g/mol. The second-order valence-corrected chi connectivity index (χ2v) is 4.30. The van der Waals surface area contributed by atoms with E-state index in [9.17, 15) is 0 Å². The molecule has 0 bridgehead atoms. The molecule has 17 heavy (non-hydrogen) atoms. The van der Waals surface area contributed by atoms with E-state index in [2.05, 4.69) is 48.5 Å². The Morgan fingerprint density at radius 3 is 1.53 bits per heavy atom. The molecule has 0 amide bonds. The third kappa shape index (κ3) is 3.04. The first-order chi connectivity index (χ1) is 8.27. The number of benzene rings is 2. The quantitative estimate of drug-likeness (QED) is 0.689. The van der Waals surface area contributed by atoms with E-state index < -0.39 is 0 Å². The summed E-state index contributed by atoms with van der Waals surface area (Å²) < 4.78 is 0.